The minimum absolute atomic E-state index is 0. The molecule has 2 N–H and O–H groups in total. The van der Waals surface area contributed by atoms with E-state index >= 15 is 0 Å². The quantitative estimate of drug-likeness (QED) is 0.783. The number of rotatable bonds is 5. The number of carbonyl (C=O) groups is 1. The number of amides is 1. The van der Waals surface area contributed by atoms with Gasteiger partial charge in [0, 0.05) is 26.2 Å². The van der Waals surface area contributed by atoms with Gasteiger partial charge < -0.3 is 15.4 Å². The van der Waals surface area contributed by atoms with Crippen molar-refractivity contribution in [1.82, 2.24) is 15.5 Å². The van der Waals surface area contributed by atoms with Crippen LogP contribution in [0.4, 0.5) is 0 Å². The largest absolute Gasteiger partial charge is 0.374 e. The number of piperidine rings is 1. The van der Waals surface area contributed by atoms with Gasteiger partial charge in [-0.1, -0.05) is 20.3 Å². The number of nitrogens with one attached hydrogen (secondary N) is 2. The van der Waals surface area contributed by atoms with E-state index < -0.39 is 0 Å². The summed E-state index contributed by atoms with van der Waals surface area (Å²) in [6.07, 6.45) is 3.42. The summed E-state index contributed by atoms with van der Waals surface area (Å²) in [5.41, 5.74) is 0. The predicted octanol–water partition coefficient (Wildman–Crippen LogP) is 1.45. The highest BCUT2D eigenvalue weighted by atomic mass is 35.5. The summed E-state index contributed by atoms with van der Waals surface area (Å²) >= 11 is 0. The second kappa shape index (κ2) is 11.5. The van der Waals surface area contributed by atoms with E-state index in [1.54, 1.807) is 0 Å². The van der Waals surface area contributed by atoms with Crippen molar-refractivity contribution in [2.45, 2.75) is 45.3 Å². The second-order valence-corrected chi connectivity index (χ2v) is 6.39. The molecule has 0 aliphatic carbocycles. The average Bonchev–Trinajstić information content (AvgIpc) is 2.45. The zero-order valence-corrected chi connectivity index (χ0v) is 15.3. The van der Waals surface area contributed by atoms with E-state index in [2.05, 4.69) is 29.4 Å². The lowest BCUT2D eigenvalue weighted by molar-refractivity contribution is -0.124. The SMILES string of the molecule is CC(C)CN1CCOC(CNC(=O)C2CCCCN2)C1.Cl.Cl. The van der Waals surface area contributed by atoms with Crippen LogP contribution in [0, 0.1) is 5.92 Å². The first kappa shape index (κ1) is 21.9. The highest BCUT2D eigenvalue weighted by Crippen LogP contribution is 2.09. The highest BCUT2D eigenvalue weighted by molar-refractivity contribution is 5.85. The lowest BCUT2D eigenvalue weighted by Gasteiger charge is -2.34. The van der Waals surface area contributed by atoms with Crippen LogP contribution in [0.2, 0.25) is 0 Å². The molecule has 7 heteroatoms. The van der Waals surface area contributed by atoms with Crippen LogP contribution in [0.5, 0.6) is 0 Å². The number of ether oxygens (including phenoxy) is 1. The van der Waals surface area contributed by atoms with Gasteiger partial charge in [-0.25, -0.2) is 0 Å². The molecule has 2 rings (SSSR count). The lowest BCUT2D eigenvalue weighted by atomic mass is 10.0. The fourth-order valence-electron chi connectivity index (χ4n) is 3.00. The van der Waals surface area contributed by atoms with Crippen LogP contribution >= 0.6 is 24.8 Å². The Morgan fingerprint density at radius 2 is 2.14 bits per heavy atom. The minimum atomic E-state index is -0.000826. The monoisotopic (exact) mass is 355 g/mol. The van der Waals surface area contributed by atoms with E-state index in [4.69, 9.17) is 4.74 Å². The van der Waals surface area contributed by atoms with Crippen molar-refractivity contribution in [2.24, 2.45) is 5.92 Å². The molecule has 2 unspecified atom stereocenters. The maximum absolute atomic E-state index is 12.1. The third-order valence-electron chi connectivity index (χ3n) is 3.98. The van der Waals surface area contributed by atoms with Gasteiger partial charge in [0.15, 0.2) is 0 Å². The summed E-state index contributed by atoms with van der Waals surface area (Å²) < 4.78 is 5.75. The Kier molecular flexibility index (Phi) is 11.4. The molecule has 0 spiro atoms. The van der Waals surface area contributed by atoms with Gasteiger partial charge >= 0.3 is 0 Å². The first-order valence-electron chi connectivity index (χ1n) is 8.00. The first-order valence-corrected chi connectivity index (χ1v) is 8.00. The Morgan fingerprint density at radius 3 is 2.77 bits per heavy atom. The molecule has 2 aliphatic heterocycles. The normalized spacial score (nSPS) is 26.0. The van der Waals surface area contributed by atoms with Crippen LogP contribution in [-0.2, 0) is 9.53 Å². The van der Waals surface area contributed by atoms with Gasteiger partial charge in [0.2, 0.25) is 5.91 Å². The summed E-state index contributed by atoms with van der Waals surface area (Å²) in [6, 6.07) is -0.000826. The number of nitrogens with zero attached hydrogens (tertiary/aromatic N) is 1. The summed E-state index contributed by atoms with van der Waals surface area (Å²) in [7, 11) is 0. The number of halogens is 2. The van der Waals surface area contributed by atoms with Gasteiger partial charge in [0.25, 0.3) is 0 Å². The average molecular weight is 356 g/mol. The molecule has 0 aromatic carbocycles. The van der Waals surface area contributed by atoms with E-state index in [0.29, 0.717) is 12.5 Å². The minimum Gasteiger partial charge on any atom is -0.374 e. The van der Waals surface area contributed by atoms with Crippen LogP contribution in [-0.4, -0.2) is 62.3 Å². The van der Waals surface area contributed by atoms with E-state index in [9.17, 15) is 4.79 Å². The molecule has 2 saturated heterocycles. The van der Waals surface area contributed by atoms with Crippen molar-refractivity contribution in [3.8, 4) is 0 Å². The first-order chi connectivity index (χ1) is 9.65. The molecule has 0 radical (unpaired) electrons. The molecule has 132 valence electrons. The summed E-state index contributed by atoms with van der Waals surface area (Å²) in [5, 5.41) is 6.32. The molecule has 0 bridgehead atoms. The van der Waals surface area contributed by atoms with Gasteiger partial charge in [-0.15, -0.1) is 24.8 Å². The van der Waals surface area contributed by atoms with Gasteiger partial charge in [0.1, 0.15) is 0 Å². The third kappa shape index (κ3) is 7.47. The third-order valence-corrected chi connectivity index (χ3v) is 3.98. The number of hydrogen-bond donors (Lipinski definition) is 2. The molecular formula is C15H31Cl2N3O2. The molecule has 5 nitrogen and oxygen atoms in total. The summed E-state index contributed by atoms with van der Waals surface area (Å²) in [6.45, 7) is 9.88. The van der Waals surface area contributed by atoms with Crippen molar-refractivity contribution in [3.05, 3.63) is 0 Å². The molecule has 0 saturated carbocycles. The fourth-order valence-corrected chi connectivity index (χ4v) is 3.00. The van der Waals surface area contributed by atoms with E-state index in [1.807, 2.05) is 0 Å². The van der Waals surface area contributed by atoms with Crippen LogP contribution in [0.15, 0.2) is 0 Å². The molecule has 0 aromatic rings. The predicted molar refractivity (Wildman–Crippen MR) is 94.2 cm³/mol. The van der Waals surface area contributed by atoms with Gasteiger partial charge in [-0.05, 0) is 25.3 Å². The molecular weight excluding hydrogens is 325 g/mol. The van der Waals surface area contributed by atoms with Crippen molar-refractivity contribution >= 4 is 30.7 Å². The molecule has 2 atom stereocenters. The van der Waals surface area contributed by atoms with Crippen LogP contribution < -0.4 is 10.6 Å². The Balaban J connectivity index is 0.00000220. The molecule has 2 aliphatic rings. The Hall–Kier alpha value is -0.0700. The lowest BCUT2D eigenvalue weighted by Crippen LogP contribution is -2.52. The Morgan fingerprint density at radius 1 is 1.36 bits per heavy atom. The topological polar surface area (TPSA) is 53.6 Å². The van der Waals surface area contributed by atoms with Gasteiger partial charge in [-0.2, -0.15) is 0 Å². The number of hydrogen-bond acceptors (Lipinski definition) is 4. The zero-order chi connectivity index (χ0) is 14.4. The van der Waals surface area contributed by atoms with E-state index in [1.165, 1.54) is 6.42 Å². The second-order valence-electron chi connectivity index (χ2n) is 6.39. The molecule has 2 fully saturated rings. The fraction of sp³-hybridized carbons (Fsp3) is 0.933. The van der Waals surface area contributed by atoms with Crippen molar-refractivity contribution in [3.63, 3.8) is 0 Å². The van der Waals surface area contributed by atoms with Crippen molar-refractivity contribution in [2.75, 3.05) is 39.3 Å². The Bertz CT molecular complexity index is 313. The standard InChI is InChI=1S/C15H29N3O2.2ClH/c1-12(2)10-18-7-8-20-13(11-18)9-17-15(19)14-5-3-4-6-16-14;;/h12-14,16H,3-11H2,1-2H3,(H,17,19);2*1H. The van der Waals surface area contributed by atoms with Crippen LogP contribution in [0.25, 0.3) is 0 Å². The van der Waals surface area contributed by atoms with Crippen molar-refractivity contribution in [1.29, 1.82) is 0 Å². The van der Waals surface area contributed by atoms with Gasteiger partial charge in [-0.3, -0.25) is 9.69 Å². The van der Waals surface area contributed by atoms with E-state index in [-0.39, 0.29) is 42.9 Å². The smallest absolute Gasteiger partial charge is 0.237 e. The number of morpholine rings is 1. The number of carbonyl (C=O) groups excluding carboxylic acids is 1. The van der Waals surface area contributed by atoms with Gasteiger partial charge in [0.05, 0.1) is 18.8 Å². The van der Waals surface area contributed by atoms with Crippen LogP contribution in [0.1, 0.15) is 33.1 Å². The highest BCUT2D eigenvalue weighted by Gasteiger charge is 2.24. The molecule has 2 heterocycles. The maximum atomic E-state index is 12.1. The zero-order valence-electron chi connectivity index (χ0n) is 13.7. The summed E-state index contributed by atoms with van der Waals surface area (Å²) in [5.74, 6) is 0.809. The van der Waals surface area contributed by atoms with Crippen molar-refractivity contribution < 1.29 is 9.53 Å². The Labute approximate surface area is 146 Å². The van der Waals surface area contributed by atoms with E-state index in [0.717, 1.165) is 45.6 Å². The maximum Gasteiger partial charge on any atom is 0.237 e. The molecule has 1 amide bonds. The molecule has 0 aromatic heterocycles. The van der Waals surface area contributed by atoms with Crippen LogP contribution in [0.3, 0.4) is 0 Å². The summed E-state index contributed by atoms with van der Waals surface area (Å²) in [4.78, 5) is 14.5. The molecule has 22 heavy (non-hydrogen) atoms.